The molecular weight excluding hydrogens is 278 g/mol. The molecule has 0 bridgehead atoms. The summed E-state index contributed by atoms with van der Waals surface area (Å²) in [5.41, 5.74) is 0. The van der Waals surface area contributed by atoms with Crippen molar-refractivity contribution in [2.75, 3.05) is 33.2 Å². The molecule has 0 aromatic heterocycles. The van der Waals surface area contributed by atoms with Gasteiger partial charge in [-0.05, 0) is 58.0 Å². The maximum Gasteiger partial charge on any atom is 0.245 e. The van der Waals surface area contributed by atoms with Crippen LogP contribution in [0.15, 0.2) is 0 Å². The minimum atomic E-state index is -0.199. The summed E-state index contributed by atoms with van der Waals surface area (Å²) in [6.07, 6.45) is 6.82. The number of carbonyl (C=O) groups is 2. The first-order chi connectivity index (χ1) is 10.7. The SMILES string of the molecule is CCC(=O)N1CCCCC1C(=O)N1CCC(CCNC)CC1. The van der Waals surface area contributed by atoms with E-state index in [9.17, 15) is 9.59 Å². The van der Waals surface area contributed by atoms with Gasteiger partial charge in [0.2, 0.25) is 11.8 Å². The summed E-state index contributed by atoms with van der Waals surface area (Å²) in [5, 5.41) is 3.20. The highest BCUT2D eigenvalue weighted by Gasteiger charge is 2.35. The molecule has 0 radical (unpaired) electrons. The van der Waals surface area contributed by atoms with Crippen molar-refractivity contribution in [2.45, 2.75) is 57.9 Å². The van der Waals surface area contributed by atoms with E-state index in [1.807, 2.05) is 23.8 Å². The number of likely N-dealkylation sites (tertiary alicyclic amines) is 2. The number of hydrogen-bond acceptors (Lipinski definition) is 3. The Hall–Kier alpha value is -1.10. The smallest absolute Gasteiger partial charge is 0.245 e. The van der Waals surface area contributed by atoms with E-state index in [2.05, 4.69) is 5.32 Å². The van der Waals surface area contributed by atoms with Gasteiger partial charge < -0.3 is 15.1 Å². The van der Waals surface area contributed by atoms with Gasteiger partial charge in [0.15, 0.2) is 0 Å². The monoisotopic (exact) mass is 309 g/mol. The topological polar surface area (TPSA) is 52.7 Å². The lowest BCUT2D eigenvalue weighted by Gasteiger charge is -2.40. The molecule has 0 saturated carbocycles. The van der Waals surface area contributed by atoms with Gasteiger partial charge in [-0.2, -0.15) is 0 Å². The molecule has 1 atom stereocenters. The van der Waals surface area contributed by atoms with Crippen LogP contribution in [-0.2, 0) is 9.59 Å². The molecule has 126 valence electrons. The minimum Gasteiger partial charge on any atom is -0.341 e. The molecule has 0 aromatic carbocycles. The Kier molecular flexibility index (Phi) is 6.68. The Morgan fingerprint density at radius 3 is 2.45 bits per heavy atom. The van der Waals surface area contributed by atoms with Crippen LogP contribution in [0.5, 0.6) is 0 Å². The third-order valence-electron chi connectivity index (χ3n) is 5.14. The molecule has 2 amide bonds. The summed E-state index contributed by atoms with van der Waals surface area (Å²) in [6, 6.07) is -0.199. The van der Waals surface area contributed by atoms with E-state index in [1.165, 1.54) is 6.42 Å². The second-order valence-corrected chi connectivity index (χ2v) is 6.61. The van der Waals surface area contributed by atoms with Crippen LogP contribution in [0.3, 0.4) is 0 Å². The molecule has 2 saturated heterocycles. The van der Waals surface area contributed by atoms with Crippen LogP contribution >= 0.6 is 0 Å². The standard InChI is InChI=1S/C17H31N3O2/c1-3-16(21)20-11-5-4-6-15(20)17(22)19-12-8-14(9-13-19)7-10-18-2/h14-15,18H,3-13H2,1-2H3. The van der Waals surface area contributed by atoms with E-state index in [0.29, 0.717) is 6.42 Å². The van der Waals surface area contributed by atoms with Crippen LogP contribution < -0.4 is 5.32 Å². The van der Waals surface area contributed by atoms with Crippen LogP contribution in [0.1, 0.15) is 51.9 Å². The molecule has 2 aliphatic rings. The van der Waals surface area contributed by atoms with Gasteiger partial charge in [0.05, 0.1) is 0 Å². The predicted molar refractivity (Wildman–Crippen MR) is 87.5 cm³/mol. The van der Waals surface area contributed by atoms with E-state index < -0.39 is 0 Å². The number of rotatable bonds is 5. The van der Waals surface area contributed by atoms with Crippen molar-refractivity contribution in [3.8, 4) is 0 Å². The normalized spacial score (nSPS) is 23.6. The number of nitrogens with one attached hydrogen (secondary N) is 1. The van der Waals surface area contributed by atoms with Crippen LogP contribution in [0, 0.1) is 5.92 Å². The Balaban J connectivity index is 1.89. The molecule has 2 fully saturated rings. The zero-order valence-corrected chi connectivity index (χ0v) is 14.1. The van der Waals surface area contributed by atoms with E-state index in [1.54, 1.807) is 0 Å². The van der Waals surface area contributed by atoms with Crippen molar-refractivity contribution < 1.29 is 9.59 Å². The molecule has 0 spiro atoms. The molecule has 2 aliphatic heterocycles. The summed E-state index contributed by atoms with van der Waals surface area (Å²) in [4.78, 5) is 28.7. The highest BCUT2D eigenvalue weighted by Crippen LogP contribution is 2.24. The summed E-state index contributed by atoms with van der Waals surface area (Å²) in [5.74, 6) is 1.05. The molecule has 1 unspecified atom stereocenters. The number of nitrogens with zero attached hydrogens (tertiary/aromatic N) is 2. The highest BCUT2D eigenvalue weighted by molar-refractivity contribution is 5.87. The van der Waals surface area contributed by atoms with Gasteiger partial charge in [-0.15, -0.1) is 0 Å². The summed E-state index contributed by atoms with van der Waals surface area (Å²) in [6.45, 7) is 5.41. The quantitative estimate of drug-likeness (QED) is 0.840. The maximum absolute atomic E-state index is 12.8. The fourth-order valence-electron chi connectivity index (χ4n) is 3.69. The lowest BCUT2D eigenvalue weighted by Crippen LogP contribution is -2.54. The van der Waals surface area contributed by atoms with Crippen molar-refractivity contribution in [1.29, 1.82) is 0 Å². The van der Waals surface area contributed by atoms with Crippen molar-refractivity contribution in [1.82, 2.24) is 15.1 Å². The maximum atomic E-state index is 12.8. The number of carbonyl (C=O) groups excluding carboxylic acids is 2. The van der Waals surface area contributed by atoms with E-state index in [-0.39, 0.29) is 17.9 Å². The van der Waals surface area contributed by atoms with Crippen LogP contribution in [0.4, 0.5) is 0 Å². The van der Waals surface area contributed by atoms with Crippen molar-refractivity contribution >= 4 is 11.8 Å². The zero-order chi connectivity index (χ0) is 15.9. The molecule has 0 aromatic rings. The molecule has 2 rings (SSSR count). The lowest BCUT2D eigenvalue weighted by molar-refractivity contribution is -0.148. The third-order valence-corrected chi connectivity index (χ3v) is 5.14. The molecule has 5 nitrogen and oxygen atoms in total. The number of amides is 2. The number of hydrogen-bond donors (Lipinski definition) is 1. The van der Waals surface area contributed by atoms with Crippen molar-refractivity contribution in [3.63, 3.8) is 0 Å². The van der Waals surface area contributed by atoms with Crippen LogP contribution in [0.2, 0.25) is 0 Å². The van der Waals surface area contributed by atoms with Gasteiger partial charge >= 0.3 is 0 Å². The van der Waals surface area contributed by atoms with Crippen LogP contribution in [0.25, 0.3) is 0 Å². The third kappa shape index (κ3) is 4.22. The van der Waals surface area contributed by atoms with Gasteiger partial charge in [0.25, 0.3) is 0 Å². The molecule has 22 heavy (non-hydrogen) atoms. The Labute approximate surface area is 134 Å². The molecule has 1 N–H and O–H groups in total. The van der Waals surface area contributed by atoms with Gasteiger partial charge in [0, 0.05) is 26.1 Å². The Morgan fingerprint density at radius 1 is 1.09 bits per heavy atom. The minimum absolute atomic E-state index is 0.127. The van der Waals surface area contributed by atoms with Gasteiger partial charge in [-0.1, -0.05) is 6.92 Å². The fourth-order valence-corrected chi connectivity index (χ4v) is 3.69. The fraction of sp³-hybridized carbons (Fsp3) is 0.882. The Bertz CT molecular complexity index is 378. The van der Waals surface area contributed by atoms with E-state index >= 15 is 0 Å². The molecular formula is C17H31N3O2. The lowest BCUT2D eigenvalue weighted by atomic mass is 9.92. The molecule has 5 heteroatoms. The van der Waals surface area contributed by atoms with Gasteiger partial charge in [-0.3, -0.25) is 9.59 Å². The van der Waals surface area contributed by atoms with Gasteiger partial charge in [-0.25, -0.2) is 0 Å². The Morgan fingerprint density at radius 2 is 1.82 bits per heavy atom. The molecule has 2 heterocycles. The van der Waals surface area contributed by atoms with E-state index in [4.69, 9.17) is 0 Å². The highest BCUT2D eigenvalue weighted by atomic mass is 16.2. The van der Waals surface area contributed by atoms with Crippen molar-refractivity contribution in [3.05, 3.63) is 0 Å². The summed E-state index contributed by atoms with van der Waals surface area (Å²) >= 11 is 0. The predicted octanol–water partition coefficient (Wildman–Crippen LogP) is 1.63. The number of piperidine rings is 2. The summed E-state index contributed by atoms with van der Waals surface area (Å²) in [7, 11) is 1.99. The first-order valence-corrected chi connectivity index (χ1v) is 8.90. The first-order valence-electron chi connectivity index (χ1n) is 8.90. The summed E-state index contributed by atoms with van der Waals surface area (Å²) < 4.78 is 0. The average Bonchev–Trinajstić information content (AvgIpc) is 2.59. The van der Waals surface area contributed by atoms with Gasteiger partial charge in [0.1, 0.15) is 6.04 Å². The largest absolute Gasteiger partial charge is 0.341 e. The molecule has 0 aliphatic carbocycles. The second-order valence-electron chi connectivity index (χ2n) is 6.61. The van der Waals surface area contributed by atoms with Crippen LogP contribution in [-0.4, -0.2) is 60.9 Å². The van der Waals surface area contributed by atoms with E-state index in [0.717, 1.165) is 64.2 Å². The zero-order valence-electron chi connectivity index (χ0n) is 14.1. The average molecular weight is 309 g/mol. The van der Waals surface area contributed by atoms with Crippen molar-refractivity contribution in [2.24, 2.45) is 5.92 Å². The first kappa shape index (κ1) is 17.3. The second kappa shape index (κ2) is 8.51.